The van der Waals surface area contributed by atoms with Crippen LogP contribution in [0.4, 0.5) is 5.95 Å². The van der Waals surface area contributed by atoms with Crippen molar-refractivity contribution in [3.8, 4) is 0 Å². The van der Waals surface area contributed by atoms with Crippen molar-refractivity contribution in [1.82, 2.24) is 19.5 Å². The number of rotatable bonds is 2. The van der Waals surface area contributed by atoms with Crippen molar-refractivity contribution in [3.05, 3.63) is 75.3 Å². The highest BCUT2D eigenvalue weighted by molar-refractivity contribution is 6.07. The zero-order chi connectivity index (χ0) is 21.1. The second-order valence-corrected chi connectivity index (χ2v) is 8.48. The number of anilines is 1. The first-order valence-electron chi connectivity index (χ1n) is 10.8. The third-order valence-electron chi connectivity index (χ3n) is 6.72. The smallest absolute Gasteiger partial charge is 0.278 e. The van der Waals surface area contributed by atoms with E-state index in [9.17, 15) is 4.79 Å². The van der Waals surface area contributed by atoms with Gasteiger partial charge in [-0.2, -0.15) is 4.98 Å². The second kappa shape index (κ2) is 6.67. The second-order valence-electron chi connectivity index (χ2n) is 8.48. The molecule has 3 N–H and O–H groups in total. The standard InChI is InChI=1S/C25H23N5O/c1-14-16-7-4-5-9-19(16)20(21-17(14)11-10-15-6-2-3-8-18(15)21)12-30-13-27-23-22(30)24(31)29-25(26)28-23/h4-5,7,9-11,13H,2-3,6,8,12H2,1H3,(H3,26,28,29,31). The van der Waals surface area contributed by atoms with Gasteiger partial charge in [-0.1, -0.05) is 36.4 Å². The van der Waals surface area contributed by atoms with Gasteiger partial charge < -0.3 is 10.3 Å². The summed E-state index contributed by atoms with van der Waals surface area (Å²) in [6.45, 7) is 2.77. The van der Waals surface area contributed by atoms with Crippen molar-refractivity contribution >= 4 is 38.7 Å². The van der Waals surface area contributed by atoms with Crippen LogP contribution in [0, 0.1) is 6.92 Å². The molecule has 6 rings (SSSR count). The highest BCUT2D eigenvalue weighted by Gasteiger charge is 2.20. The molecule has 0 radical (unpaired) electrons. The number of H-pyrrole nitrogens is 1. The normalized spacial score (nSPS) is 13.8. The van der Waals surface area contributed by atoms with Gasteiger partial charge in [0.15, 0.2) is 11.2 Å². The summed E-state index contributed by atoms with van der Waals surface area (Å²) in [6, 6.07) is 13.2. The van der Waals surface area contributed by atoms with Gasteiger partial charge in [-0.3, -0.25) is 9.78 Å². The SMILES string of the molecule is Cc1c2ccccc2c(Cn2cnc3nc(N)[nH]c(=O)c32)c2c3c(ccc12)CCCC3. The number of nitrogens with zero attached hydrogens (tertiary/aromatic N) is 3. The van der Waals surface area contributed by atoms with E-state index in [-0.39, 0.29) is 11.5 Å². The monoisotopic (exact) mass is 409 g/mol. The van der Waals surface area contributed by atoms with Gasteiger partial charge in [0.25, 0.3) is 5.56 Å². The molecule has 31 heavy (non-hydrogen) atoms. The molecule has 154 valence electrons. The van der Waals surface area contributed by atoms with Gasteiger partial charge in [0.05, 0.1) is 12.9 Å². The minimum absolute atomic E-state index is 0.0862. The van der Waals surface area contributed by atoms with E-state index in [0.717, 1.165) is 12.8 Å². The molecule has 0 bridgehead atoms. The van der Waals surface area contributed by atoms with Gasteiger partial charge in [-0.15, -0.1) is 0 Å². The molecular formula is C25H23N5O. The maximum atomic E-state index is 12.6. The summed E-state index contributed by atoms with van der Waals surface area (Å²) >= 11 is 0. The number of nitrogens with two attached hydrogens (primary N) is 1. The fourth-order valence-electron chi connectivity index (χ4n) is 5.30. The van der Waals surface area contributed by atoms with Crippen molar-refractivity contribution < 1.29 is 0 Å². The molecule has 0 saturated heterocycles. The van der Waals surface area contributed by atoms with Crippen LogP contribution in [0.1, 0.15) is 35.1 Å². The minimum Gasteiger partial charge on any atom is -0.369 e. The lowest BCUT2D eigenvalue weighted by Crippen LogP contribution is -2.15. The van der Waals surface area contributed by atoms with Crippen LogP contribution in [0.2, 0.25) is 0 Å². The first-order valence-corrected chi connectivity index (χ1v) is 10.8. The topological polar surface area (TPSA) is 89.6 Å². The van der Waals surface area contributed by atoms with Crippen LogP contribution < -0.4 is 11.3 Å². The lowest BCUT2D eigenvalue weighted by Gasteiger charge is -2.23. The summed E-state index contributed by atoms with van der Waals surface area (Å²) in [5, 5.41) is 5.12. The molecule has 3 aromatic carbocycles. The third-order valence-corrected chi connectivity index (χ3v) is 6.72. The Morgan fingerprint density at radius 1 is 1.06 bits per heavy atom. The Hall–Kier alpha value is -3.67. The number of imidazole rings is 1. The number of benzene rings is 3. The zero-order valence-corrected chi connectivity index (χ0v) is 17.4. The summed E-state index contributed by atoms with van der Waals surface area (Å²) in [5.41, 5.74) is 11.8. The third kappa shape index (κ3) is 2.68. The van der Waals surface area contributed by atoms with Crippen LogP contribution in [0.25, 0.3) is 32.7 Å². The molecule has 1 aliphatic carbocycles. The molecule has 0 saturated carbocycles. The molecule has 0 aliphatic heterocycles. The lowest BCUT2D eigenvalue weighted by molar-refractivity contribution is 0.689. The fraction of sp³-hybridized carbons (Fsp3) is 0.240. The highest BCUT2D eigenvalue weighted by Crippen LogP contribution is 2.38. The zero-order valence-electron chi connectivity index (χ0n) is 17.4. The van der Waals surface area contributed by atoms with Crippen molar-refractivity contribution in [2.24, 2.45) is 0 Å². The molecule has 0 spiro atoms. The van der Waals surface area contributed by atoms with Crippen LogP contribution in [-0.4, -0.2) is 19.5 Å². The molecule has 6 nitrogen and oxygen atoms in total. The average molecular weight is 409 g/mol. The van der Waals surface area contributed by atoms with Gasteiger partial charge >= 0.3 is 0 Å². The minimum atomic E-state index is -0.261. The van der Waals surface area contributed by atoms with Crippen LogP contribution >= 0.6 is 0 Å². The van der Waals surface area contributed by atoms with Crippen LogP contribution in [0.15, 0.2) is 47.5 Å². The lowest BCUT2D eigenvalue weighted by atomic mass is 9.83. The summed E-state index contributed by atoms with van der Waals surface area (Å²) in [6.07, 6.45) is 6.39. The van der Waals surface area contributed by atoms with E-state index >= 15 is 0 Å². The molecule has 0 atom stereocenters. The Bertz CT molecular complexity index is 1560. The number of aromatic nitrogens is 4. The number of fused-ring (bicyclic) bond motifs is 5. The van der Waals surface area contributed by atoms with E-state index < -0.39 is 0 Å². The molecule has 0 unspecified atom stereocenters. The number of hydrogen-bond acceptors (Lipinski definition) is 4. The van der Waals surface area contributed by atoms with Crippen LogP contribution in [0.5, 0.6) is 0 Å². The van der Waals surface area contributed by atoms with Crippen molar-refractivity contribution in [2.75, 3.05) is 5.73 Å². The highest BCUT2D eigenvalue weighted by atomic mass is 16.1. The summed E-state index contributed by atoms with van der Waals surface area (Å²) in [7, 11) is 0. The average Bonchev–Trinajstić information content (AvgIpc) is 3.18. The Morgan fingerprint density at radius 2 is 1.87 bits per heavy atom. The molecular weight excluding hydrogens is 386 g/mol. The Labute approximate surface area is 178 Å². The van der Waals surface area contributed by atoms with E-state index in [0.29, 0.717) is 17.7 Å². The van der Waals surface area contributed by atoms with E-state index in [4.69, 9.17) is 5.73 Å². The fourth-order valence-corrected chi connectivity index (χ4v) is 5.30. The number of nitrogen functional groups attached to an aromatic ring is 1. The molecule has 5 aromatic rings. The predicted molar refractivity (Wildman–Crippen MR) is 124 cm³/mol. The molecule has 0 fully saturated rings. The Morgan fingerprint density at radius 3 is 2.74 bits per heavy atom. The van der Waals surface area contributed by atoms with Crippen molar-refractivity contribution in [3.63, 3.8) is 0 Å². The van der Waals surface area contributed by atoms with Gasteiger partial charge in [0, 0.05) is 0 Å². The first kappa shape index (κ1) is 18.1. The Kier molecular flexibility index (Phi) is 3.90. The molecule has 6 heteroatoms. The number of aromatic amines is 1. The quantitative estimate of drug-likeness (QED) is 0.427. The Balaban J connectivity index is 1.70. The molecule has 2 aromatic heterocycles. The summed E-state index contributed by atoms with van der Waals surface area (Å²) < 4.78 is 1.90. The van der Waals surface area contributed by atoms with Gasteiger partial charge in [0.1, 0.15) is 0 Å². The van der Waals surface area contributed by atoms with Gasteiger partial charge in [0.2, 0.25) is 5.95 Å². The summed E-state index contributed by atoms with van der Waals surface area (Å²) in [5.74, 6) is 0.0862. The van der Waals surface area contributed by atoms with Crippen LogP contribution in [-0.2, 0) is 19.4 Å². The molecule has 0 amide bonds. The predicted octanol–water partition coefficient (Wildman–Crippen LogP) is 4.24. The number of hydrogen-bond donors (Lipinski definition) is 2. The maximum Gasteiger partial charge on any atom is 0.278 e. The van der Waals surface area contributed by atoms with E-state index in [1.165, 1.54) is 56.6 Å². The largest absolute Gasteiger partial charge is 0.369 e. The van der Waals surface area contributed by atoms with E-state index in [1.54, 1.807) is 6.33 Å². The van der Waals surface area contributed by atoms with E-state index in [2.05, 4.69) is 58.3 Å². The van der Waals surface area contributed by atoms with Gasteiger partial charge in [-0.25, -0.2) is 4.98 Å². The summed E-state index contributed by atoms with van der Waals surface area (Å²) in [4.78, 5) is 23.8. The van der Waals surface area contributed by atoms with E-state index in [1.807, 2.05) is 4.57 Å². The maximum absolute atomic E-state index is 12.6. The number of nitrogens with one attached hydrogen (secondary N) is 1. The molecule has 1 aliphatic rings. The first-order chi connectivity index (χ1) is 15.1. The van der Waals surface area contributed by atoms with Crippen LogP contribution in [0.3, 0.4) is 0 Å². The van der Waals surface area contributed by atoms with Gasteiger partial charge in [-0.05, 0) is 76.4 Å². The van der Waals surface area contributed by atoms with Crippen molar-refractivity contribution in [1.29, 1.82) is 0 Å². The number of aryl methyl sites for hydroxylation is 3. The van der Waals surface area contributed by atoms with Crippen molar-refractivity contribution in [2.45, 2.75) is 39.2 Å². The molecule has 2 heterocycles.